The molecule has 0 aromatic rings. The van der Waals surface area contributed by atoms with E-state index in [9.17, 15) is 0 Å². The van der Waals surface area contributed by atoms with Gasteiger partial charge in [-0.15, -0.1) is 0 Å². The zero-order chi connectivity index (χ0) is 14.7. The maximum atomic E-state index is 6.34. The summed E-state index contributed by atoms with van der Waals surface area (Å²) in [6.07, 6.45) is 8.01. The third-order valence-corrected chi connectivity index (χ3v) is 6.31. The maximum absolute atomic E-state index is 6.34. The molecular formula is C17H34N4. The molecule has 3 heterocycles. The molecule has 3 rings (SSSR count). The third-order valence-electron chi connectivity index (χ3n) is 6.31. The fourth-order valence-corrected chi connectivity index (χ4v) is 4.84. The lowest BCUT2D eigenvalue weighted by atomic mass is 9.87. The van der Waals surface area contributed by atoms with Gasteiger partial charge >= 0.3 is 0 Å². The van der Waals surface area contributed by atoms with Gasteiger partial charge in [0.05, 0.1) is 0 Å². The van der Waals surface area contributed by atoms with E-state index < -0.39 is 0 Å². The Balaban J connectivity index is 1.71. The highest BCUT2D eigenvalue weighted by Crippen LogP contribution is 2.32. The first kappa shape index (κ1) is 15.7. The number of likely N-dealkylation sites (tertiary alicyclic amines) is 1. The highest BCUT2D eigenvalue weighted by Gasteiger charge is 2.40. The van der Waals surface area contributed by atoms with Crippen LogP contribution >= 0.6 is 0 Å². The fourth-order valence-electron chi connectivity index (χ4n) is 4.84. The molecule has 0 bridgehead atoms. The second kappa shape index (κ2) is 6.95. The van der Waals surface area contributed by atoms with Crippen LogP contribution in [0.25, 0.3) is 0 Å². The van der Waals surface area contributed by atoms with E-state index in [1.807, 2.05) is 0 Å². The average molecular weight is 294 g/mol. The summed E-state index contributed by atoms with van der Waals surface area (Å²) in [6, 6.07) is 0.807. The molecule has 0 aromatic carbocycles. The molecule has 2 N–H and O–H groups in total. The van der Waals surface area contributed by atoms with E-state index >= 15 is 0 Å². The Morgan fingerprint density at radius 2 is 1.86 bits per heavy atom. The van der Waals surface area contributed by atoms with E-state index in [0.29, 0.717) is 0 Å². The Morgan fingerprint density at radius 3 is 2.67 bits per heavy atom. The van der Waals surface area contributed by atoms with Crippen LogP contribution in [0.3, 0.4) is 0 Å². The molecule has 122 valence electrons. The van der Waals surface area contributed by atoms with Crippen LogP contribution < -0.4 is 5.73 Å². The Bertz CT molecular complexity index is 335. The predicted molar refractivity (Wildman–Crippen MR) is 88.5 cm³/mol. The van der Waals surface area contributed by atoms with Gasteiger partial charge in [-0.25, -0.2) is 0 Å². The van der Waals surface area contributed by atoms with E-state index in [0.717, 1.165) is 12.6 Å². The van der Waals surface area contributed by atoms with E-state index in [1.165, 1.54) is 84.3 Å². The zero-order valence-electron chi connectivity index (χ0n) is 13.9. The topological polar surface area (TPSA) is 35.7 Å². The standard InChI is InChI=1S/C17H34N4/c1-2-19-9-4-7-17(15-18,8-13-19)21-12-5-11-20-10-3-6-16(20)14-21/h16H,2-15,18H2,1H3. The highest BCUT2D eigenvalue weighted by atomic mass is 15.3. The van der Waals surface area contributed by atoms with Crippen LogP contribution in [0, 0.1) is 0 Å². The number of hydrogen-bond donors (Lipinski definition) is 1. The first-order valence-corrected chi connectivity index (χ1v) is 9.19. The van der Waals surface area contributed by atoms with Crippen molar-refractivity contribution in [2.24, 2.45) is 5.73 Å². The van der Waals surface area contributed by atoms with Crippen molar-refractivity contribution in [1.82, 2.24) is 14.7 Å². The lowest BCUT2D eigenvalue weighted by Gasteiger charge is -2.44. The minimum absolute atomic E-state index is 0.280. The number of rotatable bonds is 3. The van der Waals surface area contributed by atoms with Gasteiger partial charge in [-0.3, -0.25) is 9.80 Å². The summed E-state index contributed by atoms with van der Waals surface area (Å²) in [4.78, 5) is 8.15. The predicted octanol–water partition coefficient (Wildman–Crippen LogP) is 1.36. The van der Waals surface area contributed by atoms with Crippen molar-refractivity contribution in [3.63, 3.8) is 0 Å². The molecule has 3 aliphatic heterocycles. The van der Waals surface area contributed by atoms with Gasteiger partial charge in [-0.05, 0) is 71.2 Å². The van der Waals surface area contributed by atoms with Crippen LogP contribution in [0.4, 0.5) is 0 Å². The largest absolute Gasteiger partial charge is 0.329 e. The average Bonchev–Trinajstić information content (AvgIpc) is 2.74. The van der Waals surface area contributed by atoms with Crippen molar-refractivity contribution in [2.45, 2.75) is 57.0 Å². The van der Waals surface area contributed by atoms with Gasteiger partial charge in [0.2, 0.25) is 0 Å². The first-order chi connectivity index (χ1) is 10.3. The molecular weight excluding hydrogens is 260 g/mol. The maximum Gasteiger partial charge on any atom is 0.0345 e. The van der Waals surface area contributed by atoms with Gasteiger partial charge in [-0.2, -0.15) is 0 Å². The van der Waals surface area contributed by atoms with Crippen molar-refractivity contribution in [3.05, 3.63) is 0 Å². The number of hydrogen-bond acceptors (Lipinski definition) is 4. The molecule has 4 heteroatoms. The number of nitrogens with two attached hydrogens (primary N) is 1. The summed E-state index contributed by atoms with van der Waals surface area (Å²) >= 11 is 0. The Morgan fingerprint density at radius 1 is 1.00 bits per heavy atom. The van der Waals surface area contributed by atoms with Crippen LogP contribution in [0.5, 0.6) is 0 Å². The number of nitrogens with zero attached hydrogens (tertiary/aromatic N) is 3. The molecule has 0 radical (unpaired) electrons. The second-order valence-electron chi connectivity index (χ2n) is 7.35. The number of fused-ring (bicyclic) bond motifs is 1. The molecule has 0 aliphatic carbocycles. The van der Waals surface area contributed by atoms with E-state index in [-0.39, 0.29) is 5.54 Å². The molecule has 0 aromatic heterocycles. The summed E-state index contributed by atoms with van der Waals surface area (Å²) in [6.45, 7) is 12.0. The molecule has 3 aliphatic rings. The summed E-state index contributed by atoms with van der Waals surface area (Å²) in [5.41, 5.74) is 6.62. The molecule has 3 saturated heterocycles. The van der Waals surface area contributed by atoms with Gasteiger partial charge in [0.1, 0.15) is 0 Å². The lowest BCUT2D eigenvalue weighted by Crippen LogP contribution is -2.56. The third kappa shape index (κ3) is 3.29. The Kier molecular flexibility index (Phi) is 5.20. The minimum Gasteiger partial charge on any atom is -0.329 e. The van der Waals surface area contributed by atoms with Crippen LogP contribution in [-0.2, 0) is 0 Å². The lowest BCUT2D eigenvalue weighted by molar-refractivity contribution is 0.0702. The molecule has 0 saturated carbocycles. The van der Waals surface area contributed by atoms with Gasteiger partial charge in [0, 0.05) is 31.2 Å². The van der Waals surface area contributed by atoms with Crippen LogP contribution in [0.1, 0.15) is 45.4 Å². The molecule has 2 unspecified atom stereocenters. The van der Waals surface area contributed by atoms with Crippen LogP contribution in [-0.4, -0.2) is 78.6 Å². The molecule has 2 atom stereocenters. The summed E-state index contributed by atoms with van der Waals surface area (Å²) in [7, 11) is 0. The SMILES string of the molecule is CCN1CCCC(CN)(N2CCCN3CCCC3C2)CC1. The minimum atomic E-state index is 0.280. The van der Waals surface area contributed by atoms with Crippen molar-refractivity contribution in [2.75, 3.05) is 52.4 Å². The van der Waals surface area contributed by atoms with Crippen LogP contribution in [0.15, 0.2) is 0 Å². The molecule has 3 fully saturated rings. The molecule has 0 amide bonds. The Labute approximate surface area is 130 Å². The zero-order valence-corrected chi connectivity index (χ0v) is 13.9. The van der Waals surface area contributed by atoms with E-state index in [2.05, 4.69) is 21.6 Å². The van der Waals surface area contributed by atoms with Crippen molar-refractivity contribution < 1.29 is 0 Å². The summed E-state index contributed by atoms with van der Waals surface area (Å²) in [5.74, 6) is 0. The summed E-state index contributed by atoms with van der Waals surface area (Å²) < 4.78 is 0. The fraction of sp³-hybridized carbons (Fsp3) is 1.00. The summed E-state index contributed by atoms with van der Waals surface area (Å²) in [5, 5.41) is 0. The smallest absolute Gasteiger partial charge is 0.0345 e. The van der Waals surface area contributed by atoms with Crippen molar-refractivity contribution in [1.29, 1.82) is 0 Å². The van der Waals surface area contributed by atoms with Gasteiger partial charge in [0.25, 0.3) is 0 Å². The van der Waals surface area contributed by atoms with Crippen molar-refractivity contribution in [3.8, 4) is 0 Å². The molecule has 21 heavy (non-hydrogen) atoms. The van der Waals surface area contributed by atoms with Crippen LogP contribution in [0.2, 0.25) is 0 Å². The van der Waals surface area contributed by atoms with Gasteiger partial charge in [0.15, 0.2) is 0 Å². The van der Waals surface area contributed by atoms with Gasteiger partial charge in [-0.1, -0.05) is 6.92 Å². The highest BCUT2D eigenvalue weighted by molar-refractivity contribution is 4.98. The second-order valence-corrected chi connectivity index (χ2v) is 7.35. The molecule has 0 spiro atoms. The first-order valence-electron chi connectivity index (χ1n) is 9.19. The van der Waals surface area contributed by atoms with Gasteiger partial charge < -0.3 is 10.6 Å². The monoisotopic (exact) mass is 294 g/mol. The van der Waals surface area contributed by atoms with E-state index in [1.54, 1.807) is 0 Å². The normalized spacial score (nSPS) is 37.1. The quantitative estimate of drug-likeness (QED) is 0.852. The van der Waals surface area contributed by atoms with E-state index in [4.69, 9.17) is 5.73 Å². The molecule has 4 nitrogen and oxygen atoms in total. The van der Waals surface area contributed by atoms with Crippen molar-refractivity contribution >= 4 is 0 Å². The Hall–Kier alpha value is -0.160.